The summed E-state index contributed by atoms with van der Waals surface area (Å²) in [6, 6.07) is 6.88. The molecule has 2 bridgehead atoms. The molecule has 1 saturated carbocycles. The van der Waals surface area contributed by atoms with Crippen LogP contribution in [0.4, 0.5) is 5.69 Å². The first-order valence-electron chi connectivity index (χ1n) is 13.8. The molecule has 1 aromatic rings. The highest BCUT2D eigenvalue weighted by Crippen LogP contribution is 2.55. The van der Waals surface area contributed by atoms with Crippen LogP contribution in [-0.4, -0.2) is 65.7 Å². The highest BCUT2D eigenvalue weighted by molar-refractivity contribution is 6.02. The summed E-state index contributed by atoms with van der Waals surface area (Å²) in [6.45, 7) is 6.80. The van der Waals surface area contributed by atoms with E-state index in [-0.39, 0.29) is 29.9 Å². The summed E-state index contributed by atoms with van der Waals surface area (Å²) in [6.07, 6.45) is 9.17. The van der Waals surface area contributed by atoms with Crippen molar-refractivity contribution >= 4 is 23.4 Å². The summed E-state index contributed by atoms with van der Waals surface area (Å²) in [5.74, 6) is -2.06. The molecule has 5 atom stereocenters. The molecule has 3 heterocycles. The average Bonchev–Trinajstić information content (AvgIpc) is 3.51. The van der Waals surface area contributed by atoms with Gasteiger partial charge in [0, 0.05) is 24.9 Å². The Hall–Kier alpha value is -2.71. The smallest absolute Gasteiger partial charge is 0.246 e. The Morgan fingerprint density at radius 2 is 1.86 bits per heavy atom. The molecule has 200 valence electrons. The lowest BCUT2D eigenvalue weighted by atomic mass is 9.74. The number of ether oxygens (including phenoxy) is 2. The number of amides is 3. The Labute approximate surface area is 219 Å². The van der Waals surface area contributed by atoms with Gasteiger partial charge in [0.1, 0.15) is 11.6 Å². The number of aryl methyl sites for hydroxylation is 1. The van der Waals surface area contributed by atoms with Gasteiger partial charge in [0.05, 0.1) is 24.0 Å². The third-order valence-electron chi connectivity index (χ3n) is 8.19. The Kier molecular flexibility index (Phi) is 7.41. The van der Waals surface area contributed by atoms with E-state index in [9.17, 15) is 14.4 Å². The van der Waals surface area contributed by atoms with Gasteiger partial charge in [-0.3, -0.25) is 14.4 Å². The zero-order valence-electron chi connectivity index (χ0n) is 22.1. The van der Waals surface area contributed by atoms with Crippen LogP contribution in [0.15, 0.2) is 36.4 Å². The van der Waals surface area contributed by atoms with Crippen molar-refractivity contribution in [3.63, 3.8) is 0 Å². The van der Waals surface area contributed by atoms with Crippen molar-refractivity contribution in [3.05, 3.63) is 42.0 Å². The molecule has 1 aliphatic carbocycles. The van der Waals surface area contributed by atoms with Crippen molar-refractivity contribution in [2.24, 2.45) is 11.8 Å². The van der Waals surface area contributed by atoms with Crippen LogP contribution in [0.3, 0.4) is 0 Å². The first kappa shape index (κ1) is 25.9. The molecule has 0 radical (unpaired) electrons. The highest BCUT2D eigenvalue weighted by Gasteiger charge is 2.72. The molecule has 3 amide bonds. The summed E-state index contributed by atoms with van der Waals surface area (Å²) >= 11 is 0. The molecule has 4 aliphatic rings. The third kappa shape index (κ3) is 4.93. The zero-order chi connectivity index (χ0) is 26.2. The number of carbonyl (C=O) groups is 3. The van der Waals surface area contributed by atoms with E-state index < -0.39 is 29.6 Å². The molecule has 8 nitrogen and oxygen atoms in total. The van der Waals surface area contributed by atoms with Gasteiger partial charge >= 0.3 is 0 Å². The molecule has 37 heavy (non-hydrogen) atoms. The minimum absolute atomic E-state index is 0.0920. The van der Waals surface area contributed by atoms with Gasteiger partial charge in [0.15, 0.2) is 0 Å². The average molecular weight is 510 g/mol. The minimum Gasteiger partial charge on any atom is -0.379 e. The second kappa shape index (κ2) is 10.6. The maximum absolute atomic E-state index is 13.9. The van der Waals surface area contributed by atoms with Crippen LogP contribution in [0.25, 0.3) is 0 Å². The monoisotopic (exact) mass is 509 g/mol. The topological polar surface area (TPSA) is 97.0 Å². The Bertz CT molecular complexity index is 1050. The Balaban J connectivity index is 1.39. The molecular formula is C29H39N3O5. The fourth-order valence-corrected chi connectivity index (χ4v) is 6.45. The molecule has 1 spiro atoms. The number of likely N-dealkylation sites (tertiary alicyclic amines) is 1. The van der Waals surface area contributed by atoms with Gasteiger partial charge in [0.25, 0.3) is 0 Å². The van der Waals surface area contributed by atoms with Crippen molar-refractivity contribution in [1.29, 1.82) is 0 Å². The number of nitrogens with one attached hydrogen (secondary N) is 2. The number of nitrogens with zero attached hydrogens (tertiary/aromatic N) is 1. The Morgan fingerprint density at radius 1 is 1.14 bits per heavy atom. The number of fused-ring (bicyclic) bond motifs is 1. The van der Waals surface area contributed by atoms with Crippen LogP contribution in [0, 0.1) is 18.8 Å². The van der Waals surface area contributed by atoms with E-state index in [1.165, 1.54) is 6.42 Å². The normalized spacial score (nSPS) is 30.7. The third-order valence-corrected chi connectivity index (χ3v) is 8.19. The van der Waals surface area contributed by atoms with Gasteiger partial charge in [0.2, 0.25) is 17.7 Å². The fourth-order valence-electron chi connectivity index (χ4n) is 6.45. The molecule has 0 aromatic heterocycles. The Morgan fingerprint density at radius 3 is 2.57 bits per heavy atom. The van der Waals surface area contributed by atoms with Crippen LogP contribution in [0.2, 0.25) is 0 Å². The van der Waals surface area contributed by atoms with Crippen molar-refractivity contribution in [2.75, 3.05) is 18.5 Å². The van der Waals surface area contributed by atoms with Crippen LogP contribution in [0.5, 0.6) is 0 Å². The molecule has 2 saturated heterocycles. The lowest BCUT2D eigenvalue weighted by Crippen LogP contribution is -2.56. The molecule has 8 heteroatoms. The van der Waals surface area contributed by atoms with Crippen molar-refractivity contribution in [3.8, 4) is 0 Å². The highest BCUT2D eigenvalue weighted by atomic mass is 16.5. The summed E-state index contributed by atoms with van der Waals surface area (Å²) in [5.41, 5.74) is 0.642. The minimum atomic E-state index is -1.13. The van der Waals surface area contributed by atoms with E-state index in [1.54, 1.807) is 4.90 Å². The van der Waals surface area contributed by atoms with Crippen LogP contribution in [0.1, 0.15) is 57.9 Å². The van der Waals surface area contributed by atoms with E-state index in [0.717, 1.165) is 31.2 Å². The lowest BCUT2D eigenvalue weighted by molar-refractivity contribution is -0.141. The zero-order valence-corrected chi connectivity index (χ0v) is 22.1. The molecule has 3 fully saturated rings. The van der Waals surface area contributed by atoms with Gasteiger partial charge in [-0.2, -0.15) is 0 Å². The standard InChI is InChI=1S/C29H39N3O5/c1-18(2)36-17-7-16-32-25(27(34)31-20-8-5-4-6-9-20)29-15-14-22(37-29)23(24(29)28(32)35)26(33)30-21-12-10-19(3)11-13-21/h10-15,18,20,22-25H,4-9,16-17H2,1-3H3,(H,30,33)(H,31,34)/t22-,23+,24-,25-,29-/m1/s1. The second-order valence-electron chi connectivity index (χ2n) is 11.2. The number of rotatable bonds is 9. The maximum Gasteiger partial charge on any atom is 0.246 e. The molecule has 5 rings (SSSR count). The summed E-state index contributed by atoms with van der Waals surface area (Å²) in [5, 5.41) is 6.19. The van der Waals surface area contributed by atoms with Gasteiger partial charge < -0.3 is 25.0 Å². The predicted molar refractivity (Wildman–Crippen MR) is 140 cm³/mol. The second-order valence-corrected chi connectivity index (χ2v) is 11.2. The van der Waals surface area contributed by atoms with E-state index >= 15 is 0 Å². The number of benzene rings is 1. The maximum atomic E-state index is 13.9. The van der Waals surface area contributed by atoms with Crippen LogP contribution >= 0.6 is 0 Å². The van der Waals surface area contributed by atoms with Crippen molar-refractivity contribution in [2.45, 2.75) is 89.2 Å². The predicted octanol–water partition coefficient (Wildman–Crippen LogP) is 3.35. The SMILES string of the molecule is Cc1ccc(NC(=O)[C@H]2[C@H]3C=C[C@@]4(O3)[C@H]2C(=O)N(CCCOC(C)C)[C@@H]4C(=O)NC2CCCCC2)cc1. The number of carbonyl (C=O) groups excluding carboxylic acids is 3. The van der Waals surface area contributed by atoms with Crippen LogP contribution in [-0.2, 0) is 23.9 Å². The molecule has 3 aliphatic heterocycles. The van der Waals surface area contributed by atoms with Gasteiger partial charge in [-0.05, 0) is 52.2 Å². The molecular weight excluding hydrogens is 470 g/mol. The summed E-state index contributed by atoms with van der Waals surface area (Å²) in [4.78, 5) is 42.9. The quantitative estimate of drug-likeness (QED) is 0.393. The molecule has 0 unspecified atom stereocenters. The number of anilines is 1. The van der Waals surface area contributed by atoms with E-state index in [4.69, 9.17) is 9.47 Å². The largest absolute Gasteiger partial charge is 0.379 e. The van der Waals surface area contributed by atoms with Gasteiger partial charge in [-0.25, -0.2) is 0 Å². The lowest BCUT2D eigenvalue weighted by Gasteiger charge is -2.34. The van der Waals surface area contributed by atoms with Crippen LogP contribution < -0.4 is 10.6 Å². The molecule has 2 N–H and O–H groups in total. The number of hydrogen-bond donors (Lipinski definition) is 2. The van der Waals surface area contributed by atoms with Gasteiger partial charge in [-0.15, -0.1) is 0 Å². The molecule has 1 aromatic carbocycles. The van der Waals surface area contributed by atoms with E-state index in [0.29, 0.717) is 25.3 Å². The summed E-state index contributed by atoms with van der Waals surface area (Å²) < 4.78 is 12.1. The first-order valence-corrected chi connectivity index (χ1v) is 13.8. The van der Waals surface area contributed by atoms with Crippen molar-refractivity contribution in [1.82, 2.24) is 10.2 Å². The fraction of sp³-hybridized carbons (Fsp3) is 0.621. The first-order chi connectivity index (χ1) is 17.8. The van der Waals surface area contributed by atoms with E-state index in [1.807, 2.05) is 57.2 Å². The van der Waals surface area contributed by atoms with Crippen molar-refractivity contribution < 1.29 is 23.9 Å². The van der Waals surface area contributed by atoms with E-state index in [2.05, 4.69) is 10.6 Å². The van der Waals surface area contributed by atoms with Gasteiger partial charge in [-0.1, -0.05) is 49.1 Å². The summed E-state index contributed by atoms with van der Waals surface area (Å²) in [7, 11) is 0. The number of hydrogen-bond acceptors (Lipinski definition) is 5.